The molecule has 0 bridgehead atoms. The van der Waals surface area contributed by atoms with Gasteiger partial charge in [-0.05, 0) is 31.8 Å². The molecule has 2 nitrogen and oxygen atoms in total. The molecule has 0 aliphatic carbocycles. The SMILES string of the molecule is CC1(C)CCSCC1(C#N)O[Si](C)(C)C. The Morgan fingerprint density at radius 2 is 1.93 bits per heavy atom. The molecule has 0 radical (unpaired) electrons. The topological polar surface area (TPSA) is 33.0 Å². The average molecular weight is 243 g/mol. The first-order valence-corrected chi connectivity index (χ1v) is 9.98. The minimum atomic E-state index is -1.66. The molecule has 4 heteroatoms. The summed E-state index contributed by atoms with van der Waals surface area (Å²) < 4.78 is 6.19. The highest BCUT2D eigenvalue weighted by Gasteiger charge is 2.50. The van der Waals surface area contributed by atoms with Gasteiger partial charge < -0.3 is 4.43 Å². The molecule has 86 valence electrons. The van der Waals surface area contributed by atoms with Gasteiger partial charge in [0, 0.05) is 11.2 Å². The van der Waals surface area contributed by atoms with E-state index in [4.69, 9.17) is 4.43 Å². The summed E-state index contributed by atoms with van der Waals surface area (Å²) in [5.74, 6) is 1.96. The molecular formula is C11H21NOSSi. The van der Waals surface area contributed by atoms with Crippen LogP contribution in [0.25, 0.3) is 0 Å². The molecule has 1 heterocycles. The highest BCUT2D eigenvalue weighted by molar-refractivity contribution is 7.99. The van der Waals surface area contributed by atoms with Crippen molar-refractivity contribution in [1.82, 2.24) is 0 Å². The van der Waals surface area contributed by atoms with E-state index < -0.39 is 13.9 Å². The van der Waals surface area contributed by atoms with Crippen LogP contribution in [0.15, 0.2) is 0 Å². The third-order valence-electron chi connectivity index (χ3n) is 2.93. The van der Waals surface area contributed by atoms with Crippen molar-refractivity contribution in [3.05, 3.63) is 0 Å². The van der Waals surface area contributed by atoms with Crippen molar-refractivity contribution in [2.75, 3.05) is 11.5 Å². The summed E-state index contributed by atoms with van der Waals surface area (Å²) in [6, 6.07) is 2.46. The number of hydrogen-bond donors (Lipinski definition) is 0. The van der Waals surface area contributed by atoms with E-state index in [1.54, 1.807) is 0 Å². The molecule has 1 fully saturated rings. The quantitative estimate of drug-likeness (QED) is 0.698. The number of hydrogen-bond acceptors (Lipinski definition) is 3. The van der Waals surface area contributed by atoms with Crippen LogP contribution in [0.5, 0.6) is 0 Å². The summed E-state index contributed by atoms with van der Waals surface area (Å²) in [5, 5.41) is 9.47. The zero-order valence-electron chi connectivity index (χ0n) is 10.4. The molecule has 0 N–H and O–H groups in total. The second-order valence-corrected chi connectivity index (χ2v) is 11.4. The van der Waals surface area contributed by atoms with E-state index in [9.17, 15) is 5.26 Å². The maximum Gasteiger partial charge on any atom is 0.185 e. The van der Waals surface area contributed by atoms with Gasteiger partial charge in [0.05, 0.1) is 6.07 Å². The van der Waals surface area contributed by atoms with Crippen LogP contribution in [0.1, 0.15) is 20.3 Å². The molecule has 0 spiro atoms. The molecule has 0 amide bonds. The van der Waals surface area contributed by atoms with E-state index in [1.165, 1.54) is 0 Å². The fraction of sp³-hybridized carbons (Fsp3) is 0.909. The van der Waals surface area contributed by atoms with Gasteiger partial charge in [-0.15, -0.1) is 0 Å². The minimum Gasteiger partial charge on any atom is -0.399 e. The minimum absolute atomic E-state index is 0.0206. The third-order valence-corrected chi connectivity index (χ3v) is 5.00. The van der Waals surface area contributed by atoms with Crippen molar-refractivity contribution < 1.29 is 4.43 Å². The van der Waals surface area contributed by atoms with Crippen molar-refractivity contribution >= 4 is 20.1 Å². The van der Waals surface area contributed by atoms with Crippen molar-refractivity contribution in [3.63, 3.8) is 0 Å². The lowest BCUT2D eigenvalue weighted by atomic mass is 9.74. The molecule has 1 rings (SSSR count). The number of thioether (sulfide) groups is 1. The van der Waals surface area contributed by atoms with Crippen LogP contribution in [0, 0.1) is 16.7 Å². The van der Waals surface area contributed by atoms with Gasteiger partial charge in [-0.3, -0.25) is 0 Å². The molecule has 15 heavy (non-hydrogen) atoms. The standard InChI is InChI=1S/C11H21NOSSi/c1-10(2)6-7-14-9-11(10,8-12)13-15(3,4)5/h6-7,9H2,1-5H3. The number of rotatable bonds is 2. The summed E-state index contributed by atoms with van der Waals surface area (Å²) in [6.45, 7) is 10.8. The van der Waals surface area contributed by atoms with Crippen molar-refractivity contribution in [2.45, 2.75) is 45.5 Å². The summed E-state index contributed by atoms with van der Waals surface area (Å²) in [4.78, 5) is 0. The Hall–Kier alpha value is 0.0169. The van der Waals surface area contributed by atoms with Gasteiger partial charge in [-0.25, -0.2) is 0 Å². The van der Waals surface area contributed by atoms with Crippen molar-refractivity contribution in [1.29, 1.82) is 5.26 Å². The van der Waals surface area contributed by atoms with Crippen LogP contribution in [0.3, 0.4) is 0 Å². The maximum absolute atomic E-state index is 9.47. The van der Waals surface area contributed by atoms with Gasteiger partial charge in [-0.2, -0.15) is 17.0 Å². The van der Waals surface area contributed by atoms with Gasteiger partial charge in [0.15, 0.2) is 13.9 Å². The lowest BCUT2D eigenvalue weighted by Crippen LogP contribution is -2.55. The van der Waals surface area contributed by atoms with Crippen LogP contribution in [-0.4, -0.2) is 25.4 Å². The molecule has 0 aromatic carbocycles. The molecule has 1 aliphatic rings. The van der Waals surface area contributed by atoms with Gasteiger partial charge in [0.25, 0.3) is 0 Å². The Morgan fingerprint density at radius 1 is 1.33 bits per heavy atom. The Balaban J connectivity index is 2.97. The van der Waals surface area contributed by atoms with E-state index in [0.29, 0.717) is 0 Å². The first kappa shape index (κ1) is 13.1. The van der Waals surface area contributed by atoms with Gasteiger partial charge in [0.1, 0.15) is 0 Å². The van der Waals surface area contributed by atoms with Gasteiger partial charge in [0.2, 0.25) is 0 Å². The predicted molar refractivity (Wildman–Crippen MR) is 68.5 cm³/mol. The second-order valence-electron chi connectivity index (χ2n) is 5.84. The molecule has 0 aromatic rings. The number of nitriles is 1. The third kappa shape index (κ3) is 2.77. The predicted octanol–water partition coefficient (Wildman–Crippen LogP) is 3.26. The number of nitrogens with zero attached hydrogens (tertiary/aromatic N) is 1. The first-order valence-electron chi connectivity index (χ1n) is 5.42. The molecule has 1 atom stereocenters. The fourth-order valence-corrected chi connectivity index (χ4v) is 4.98. The van der Waals surface area contributed by atoms with E-state index in [-0.39, 0.29) is 5.41 Å². The zero-order chi connectivity index (χ0) is 11.7. The average Bonchev–Trinajstić information content (AvgIpc) is 2.06. The van der Waals surface area contributed by atoms with Crippen LogP contribution in [0.4, 0.5) is 0 Å². The Kier molecular flexibility index (Phi) is 3.59. The Bertz CT molecular complexity index is 279. The molecule has 1 aliphatic heterocycles. The van der Waals surface area contributed by atoms with E-state index in [1.807, 2.05) is 11.8 Å². The normalized spacial score (nSPS) is 30.9. The van der Waals surface area contributed by atoms with Crippen molar-refractivity contribution in [3.8, 4) is 6.07 Å². The molecule has 0 aromatic heterocycles. The van der Waals surface area contributed by atoms with Crippen LogP contribution in [0.2, 0.25) is 19.6 Å². The highest BCUT2D eigenvalue weighted by atomic mass is 32.2. The summed E-state index contributed by atoms with van der Waals surface area (Å²) >= 11 is 1.84. The van der Waals surface area contributed by atoms with E-state index in [2.05, 4.69) is 39.6 Å². The van der Waals surface area contributed by atoms with Crippen LogP contribution >= 0.6 is 11.8 Å². The van der Waals surface area contributed by atoms with Gasteiger partial charge in [-0.1, -0.05) is 13.8 Å². The molecular weight excluding hydrogens is 222 g/mol. The monoisotopic (exact) mass is 243 g/mol. The summed E-state index contributed by atoms with van der Waals surface area (Å²) in [7, 11) is -1.66. The van der Waals surface area contributed by atoms with Crippen LogP contribution < -0.4 is 0 Å². The molecule has 0 saturated carbocycles. The second kappa shape index (κ2) is 4.12. The lowest BCUT2D eigenvalue weighted by Gasteiger charge is -2.47. The van der Waals surface area contributed by atoms with Crippen molar-refractivity contribution in [2.24, 2.45) is 5.41 Å². The summed E-state index contributed by atoms with van der Waals surface area (Å²) in [6.07, 6.45) is 1.07. The summed E-state index contributed by atoms with van der Waals surface area (Å²) in [5.41, 5.74) is -0.590. The first-order chi connectivity index (χ1) is 6.72. The molecule has 1 unspecified atom stereocenters. The largest absolute Gasteiger partial charge is 0.399 e. The Morgan fingerprint density at radius 3 is 2.33 bits per heavy atom. The molecule has 1 saturated heterocycles. The Labute approximate surface area is 98.5 Å². The maximum atomic E-state index is 9.47. The highest BCUT2D eigenvalue weighted by Crippen LogP contribution is 2.45. The van der Waals surface area contributed by atoms with E-state index >= 15 is 0 Å². The zero-order valence-corrected chi connectivity index (χ0v) is 12.2. The fourth-order valence-electron chi connectivity index (χ4n) is 1.84. The van der Waals surface area contributed by atoms with E-state index in [0.717, 1.165) is 17.9 Å². The lowest BCUT2D eigenvalue weighted by molar-refractivity contribution is 0.0145. The van der Waals surface area contributed by atoms with Crippen LogP contribution in [-0.2, 0) is 4.43 Å². The van der Waals surface area contributed by atoms with Gasteiger partial charge >= 0.3 is 0 Å². The smallest absolute Gasteiger partial charge is 0.185 e.